The molecule has 0 saturated heterocycles. The molecule has 2 heterocycles. The first-order chi connectivity index (χ1) is 31.2. The van der Waals surface area contributed by atoms with Crippen LogP contribution in [0.5, 0.6) is 11.5 Å². The number of hydrogen-bond acceptors (Lipinski definition) is 4. The van der Waals surface area contributed by atoms with Crippen LogP contribution in [0.3, 0.4) is 0 Å². The molecule has 296 valence electrons. The molecule has 4 nitrogen and oxygen atoms in total. The minimum absolute atomic E-state index is 0.547. The predicted molar refractivity (Wildman–Crippen MR) is 257 cm³/mol. The summed E-state index contributed by atoms with van der Waals surface area (Å²) in [5.74, 6) is 3.63. The molecule has 0 amide bonds. The third-order valence-electron chi connectivity index (χ3n) is 13.0. The van der Waals surface area contributed by atoms with Crippen molar-refractivity contribution in [3.8, 4) is 56.8 Å². The summed E-state index contributed by atoms with van der Waals surface area (Å²) < 4.78 is 6.57. The number of para-hydroxylation sites is 2. The number of nitrogens with zero attached hydrogens (tertiary/aromatic N) is 3. The zero-order valence-corrected chi connectivity index (χ0v) is 35.3. The van der Waals surface area contributed by atoms with Crippen LogP contribution < -0.4 is 25.5 Å². The topological polar surface area (TPSA) is 47.9 Å². The van der Waals surface area contributed by atoms with Gasteiger partial charge in [-0.3, -0.25) is 0 Å². The first-order valence-electron chi connectivity index (χ1n) is 21.4. The third-order valence-corrected chi connectivity index (χ3v) is 17.8. The van der Waals surface area contributed by atoms with E-state index < -0.39 is 13.5 Å². The first-order valence-corrected chi connectivity index (χ1v) is 23.4. The summed E-state index contributed by atoms with van der Waals surface area (Å²) in [5, 5.41) is 5.28. The van der Waals surface area contributed by atoms with Gasteiger partial charge in [-0.2, -0.15) is 0 Å². The number of rotatable bonds is 7. The van der Waals surface area contributed by atoms with Crippen molar-refractivity contribution in [1.82, 2.24) is 15.0 Å². The van der Waals surface area contributed by atoms with Gasteiger partial charge in [-0.25, -0.2) is 15.0 Å². The Hall–Kier alpha value is -7.99. The monoisotopic (exact) mass is 821 g/mol. The maximum atomic E-state index is 6.57. The highest BCUT2D eigenvalue weighted by Gasteiger charge is 2.51. The van der Waals surface area contributed by atoms with Crippen LogP contribution in [-0.4, -0.2) is 23.0 Å². The molecular weight excluding hydrogens is 783 g/mol. The molecule has 12 rings (SSSR count). The second-order valence-electron chi connectivity index (χ2n) is 16.2. The molecule has 0 N–H and O–H groups in total. The lowest BCUT2D eigenvalue weighted by Gasteiger charge is -2.39. The van der Waals surface area contributed by atoms with Crippen LogP contribution in [0.25, 0.3) is 45.3 Å². The Labute approximate surface area is 367 Å². The molecular formula is C58H39N3OSi. The van der Waals surface area contributed by atoms with Crippen LogP contribution in [0.15, 0.2) is 237 Å². The minimum Gasteiger partial charge on any atom is -0.457 e. The molecule has 2 aliphatic rings. The molecule has 9 aromatic carbocycles. The van der Waals surface area contributed by atoms with E-state index in [1.807, 2.05) is 18.2 Å². The fourth-order valence-electron chi connectivity index (χ4n) is 10.3. The van der Waals surface area contributed by atoms with Crippen LogP contribution in [0.1, 0.15) is 22.3 Å². The van der Waals surface area contributed by atoms with Crippen LogP contribution >= 0.6 is 0 Å². The summed E-state index contributed by atoms with van der Waals surface area (Å²) >= 11 is 0. The summed E-state index contributed by atoms with van der Waals surface area (Å²) in [4.78, 5) is 15.7. The van der Waals surface area contributed by atoms with Crippen LogP contribution in [0, 0.1) is 0 Å². The van der Waals surface area contributed by atoms with Gasteiger partial charge in [0.1, 0.15) is 11.5 Å². The first kappa shape index (κ1) is 36.8. The Kier molecular flexibility index (Phi) is 8.69. The Morgan fingerprint density at radius 3 is 1.22 bits per heavy atom. The molecule has 10 aromatic rings. The van der Waals surface area contributed by atoms with E-state index >= 15 is 0 Å². The maximum absolute atomic E-state index is 6.57. The smallest absolute Gasteiger partial charge is 0.179 e. The fraction of sp³-hybridized carbons (Fsp3) is 0.0172. The molecule has 1 aliphatic carbocycles. The van der Waals surface area contributed by atoms with E-state index in [2.05, 4.69) is 218 Å². The van der Waals surface area contributed by atoms with E-state index in [1.165, 1.54) is 37.4 Å². The number of hydrogen-bond donors (Lipinski definition) is 0. The van der Waals surface area contributed by atoms with Crippen molar-refractivity contribution in [2.45, 2.75) is 5.41 Å². The molecule has 0 atom stereocenters. The van der Waals surface area contributed by atoms with Gasteiger partial charge in [-0.15, -0.1) is 0 Å². The average Bonchev–Trinajstić information content (AvgIpc) is 3.65. The second kappa shape index (κ2) is 14.9. The highest BCUT2D eigenvalue weighted by molar-refractivity contribution is 7.19. The molecule has 0 saturated carbocycles. The molecule has 5 heteroatoms. The highest BCUT2D eigenvalue weighted by atomic mass is 28.3. The van der Waals surface area contributed by atoms with Gasteiger partial charge >= 0.3 is 0 Å². The van der Waals surface area contributed by atoms with Gasteiger partial charge in [-0.05, 0) is 61.2 Å². The summed E-state index contributed by atoms with van der Waals surface area (Å²) in [7, 11) is -2.71. The summed E-state index contributed by atoms with van der Waals surface area (Å²) in [6.45, 7) is 0. The normalized spacial score (nSPS) is 13.0. The lowest BCUT2D eigenvalue weighted by molar-refractivity contribution is 0.436. The van der Waals surface area contributed by atoms with E-state index in [1.54, 1.807) is 0 Å². The summed E-state index contributed by atoms with van der Waals surface area (Å²) in [5.41, 5.74) is 9.32. The van der Waals surface area contributed by atoms with Crippen molar-refractivity contribution in [2.24, 2.45) is 0 Å². The fourth-order valence-corrected chi connectivity index (χ4v) is 15.0. The van der Waals surface area contributed by atoms with Gasteiger partial charge in [0.05, 0.1) is 5.41 Å². The van der Waals surface area contributed by atoms with E-state index in [9.17, 15) is 0 Å². The zero-order chi connectivity index (χ0) is 41.8. The largest absolute Gasteiger partial charge is 0.457 e. The Morgan fingerprint density at radius 1 is 0.302 bits per heavy atom. The quantitative estimate of drug-likeness (QED) is 0.119. The van der Waals surface area contributed by atoms with E-state index in [-0.39, 0.29) is 0 Å². The van der Waals surface area contributed by atoms with Crippen molar-refractivity contribution < 1.29 is 4.74 Å². The number of ether oxygens (including phenoxy) is 1. The van der Waals surface area contributed by atoms with Crippen molar-refractivity contribution in [2.75, 3.05) is 0 Å². The lowest BCUT2D eigenvalue weighted by Crippen LogP contribution is -2.74. The van der Waals surface area contributed by atoms with Crippen molar-refractivity contribution in [1.29, 1.82) is 0 Å². The number of benzene rings is 9. The summed E-state index contributed by atoms with van der Waals surface area (Å²) in [6, 6.07) is 84.7. The van der Waals surface area contributed by atoms with Crippen LogP contribution in [0.2, 0.25) is 0 Å². The van der Waals surface area contributed by atoms with Crippen molar-refractivity contribution >= 4 is 28.8 Å². The molecule has 63 heavy (non-hydrogen) atoms. The zero-order valence-electron chi connectivity index (χ0n) is 34.3. The van der Waals surface area contributed by atoms with Gasteiger partial charge in [0.2, 0.25) is 0 Å². The van der Waals surface area contributed by atoms with Gasteiger partial charge in [0.25, 0.3) is 0 Å². The van der Waals surface area contributed by atoms with Gasteiger partial charge in [0, 0.05) is 27.8 Å². The standard InChI is InChI=1S/C58H39N3OSi/c1-5-19-40(20-6-1)55-59-56(41-33-36-46(37-34-41)63(43-21-7-2-8-22-43,44-23-9-3-10-24-44)45-25-11-4-12-26-45)61-57(60-55)42-35-38-50-48(39-42)47-27-13-14-28-49(47)58(50)51-29-15-17-31-53(51)62-54-32-18-16-30-52(54)58/h1-39H. The third kappa shape index (κ3) is 5.71. The SMILES string of the molecule is c1ccc(-c2nc(-c3ccc([Si](c4ccccc4)(c4ccccc4)c4ccccc4)cc3)nc(-c3ccc4c(c3)-c3ccccc3C43c4ccccc4Oc4ccccc43)n2)cc1. The Morgan fingerprint density at radius 2 is 0.683 bits per heavy atom. The van der Waals surface area contributed by atoms with Crippen LogP contribution in [-0.2, 0) is 5.41 Å². The summed E-state index contributed by atoms with van der Waals surface area (Å²) in [6.07, 6.45) is 0. The van der Waals surface area contributed by atoms with Crippen molar-refractivity contribution in [3.05, 3.63) is 259 Å². The number of fused-ring (bicyclic) bond motifs is 9. The van der Waals surface area contributed by atoms with Crippen LogP contribution in [0.4, 0.5) is 0 Å². The number of aromatic nitrogens is 3. The molecule has 0 bridgehead atoms. The Balaban J connectivity index is 1.03. The molecule has 0 unspecified atom stereocenters. The molecule has 0 radical (unpaired) electrons. The molecule has 1 aliphatic heterocycles. The predicted octanol–water partition coefficient (Wildman–Crippen LogP) is 10.7. The van der Waals surface area contributed by atoms with E-state index in [0.29, 0.717) is 17.5 Å². The van der Waals surface area contributed by atoms with Crippen molar-refractivity contribution in [3.63, 3.8) is 0 Å². The second-order valence-corrected chi connectivity index (χ2v) is 20.1. The molecule has 1 spiro atoms. The minimum atomic E-state index is -2.71. The average molecular weight is 822 g/mol. The lowest BCUT2D eigenvalue weighted by atomic mass is 9.66. The maximum Gasteiger partial charge on any atom is 0.179 e. The van der Waals surface area contributed by atoms with E-state index in [4.69, 9.17) is 19.7 Å². The van der Waals surface area contributed by atoms with Gasteiger partial charge in [-0.1, -0.05) is 218 Å². The molecule has 1 aromatic heterocycles. The highest BCUT2D eigenvalue weighted by Crippen LogP contribution is 2.62. The van der Waals surface area contributed by atoms with E-state index in [0.717, 1.165) is 44.9 Å². The van der Waals surface area contributed by atoms with Gasteiger partial charge in [0.15, 0.2) is 25.5 Å². The van der Waals surface area contributed by atoms with Gasteiger partial charge < -0.3 is 4.74 Å². The Bertz CT molecular complexity index is 3160. The molecule has 0 fully saturated rings.